The summed E-state index contributed by atoms with van der Waals surface area (Å²) >= 11 is 0. The molecule has 0 aromatic carbocycles. The van der Waals surface area contributed by atoms with Crippen molar-refractivity contribution in [3.05, 3.63) is 23.5 Å². The summed E-state index contributed by atoms with van der Waals surface area (Å²) in [7, 11) is 5.79. The first-order chi connectivity index (χ1) is 10.6. The van der Waals surface area contributed by atoms with Gasteiger partial charge in [-0.2, -0.15) is 0 Å². The van der Waals surface area contributed by atoms with Crippen LogP contribution in [0.5, 0.6) is 5.75 Å². The van der Waals surface area contributed by atoms with Gasteiger partial charge in [-0.1, -0.05) is 28.5 Å². The van der Waals surface area contributed by atoms with Crippen LogP contribution < -0.4 is 4.74 Å². The van der Waals surface area contributed by atoms with Crippen molar-refractivity contribution in [2.24, 2.45) is 5.92 Å². The van der Waals surface area contributed by atoms with E-state index in [2.05, 4.69) is 30.1 Å². The van der Waals surface area contributed by atoms with Crippen molar-refractivity contribution in [2.45, 2.75) is 20.1 Å². The van der Waals surface area contributed by atoms with Gasteiger partial charge >= 0.3 is 0 Å². The Kier molecular flexibility index (Phi) is 9.90. The van der Waals surface area contributed by atoms with Gasteiger partial charge in [0.1, 0.15) is 12.4 Å². The molecule has 126 valence electrons. The second kappa shape index (κ2) is 11.1. The van der Waals surface area contributed by atoms with E-state index in [1.165, 1.54) is 0 Å². The molecule has 5 nitrogen and oxygen atoms in total. The van der Waals surface area contributed by atoms with E-state index < -0.39 is 0 Å². The first-order valence-corrected chi connectivity index (χ1v) is 10.00. The molecular formula is C15H26N2O3S2. The maximum atomic E-state index is 9.15. The van der Waals surface area contributed by atoms with E-state index in [1.54, 1.807) is 22.9 Å². The van der Waals surface area contributed by atoms with Crippen LogP contribution in [0.1, 0.15) is 18.3 Å². The van der Waals surface area contributed by atoms with Gasteiger partial charge in [-0.05, 0) is 19.2 Å². The van der Waals surface area contributed by atoms with Crippen LogP contribution in [0.4, 0.5) is 0 Å². The molecule has 1 aromatic rings. The van der Waals surface area contributed by atoms with Crippen molar-refractivity contribution in [1.29, 1.82) is 0 Å². The topological polar surface area (TPSA) is 65.8 Å². The Balaban J connectivity index is 2.37. The van der Waals surface area contributed by atoms with Gasteiger partial charge < -0.3 is 19.8 Å². The van der Waals surface area contributed by atoms with Crippen LogP contribution in [0.2, 0.25) is 0 Å². The third-order valence-corrected chi connectivity index (χ3v) is 5.12. The van der Waals surface area contributed by atoms with Gasteiger partial charge in [0.05, 0.1) is 24.6 Å². The van der Waals surface area contributed by atoms with Crippen LogP contribution in [0.15, 0.2) is 12.1 Å². The number of hydrogen-bond acceptors (Lipinski definition) is 7. The largest absolute Gasteiger partial charge is 0.492 e. The van der Waals surface area contributed by atoms with E-state index in [0.717, 1.165) is 18.8 Å². The third-order valence-electron chi connectivity index (χ3n) is 3.06. The molecule has 0 bridgehead atoms. The van der Waals surface area contributed by atoms with Crippen LogP contribution in [-0.2, 0) is 13.2 Å². The highest BCUT2D eigenvalue weighted by Crippen LogP contribution is 2.20. The summed E-state index contributed by atoms with van der Waals surface area (Å²) in [5.74, 6) is 2.43. The highest BCUT2D eigenvalue weighted by atomic mass is 33.1. The predicted octanol–water partition coefficient (Wildman–Crippen LogP) is 2.02. The summed E-state index contributed by atoms with van der Waals surface area (Å²) in [6.45, 7) is 4.38. The van der Waals surface area contributed by atoms with Crippen molar-refractivity contribution in [3.8, 4) is 5.75 Å². The Morgan fingerprint density at radius 1 is 1.27 bits per heavy atom. The molecule has 0 radical (unpaired) electrons. The molecule has 1 heterocycles. The summed E-state index contributed by atoms with van der Waals surface area (Å²) in [5.41, 5.74) is 1.02. The Hall–Kier alpha value is -0.470. The maximum absolute atomic E-state index is 9.15. The number of aromatic nitrogens is 1. The van der Waals surface area contributed by atoms with Crippen molar-refractivity contribution in [2.75, 3.05) is 38.8 Å². The van der Waals surface area contributed by atoms with Crippen LogP contribution in [0.25, 0.3) is 0 Å². The monoisotopic (exact) mass is 346 g/mol. The summed E-state index contributed by atoms with van der Waals surface area (Å²) in [5, 5.41) is 18.3. The fourth-order valence-corrected chi connectivity index (χ4v) is 3.62. The lowest BCUT2D eigenvalue weighted by molar-refractivity contribution is 0.221. The van der Waals surface area contributed by atoms with Crippen LogP contribution in [-0.4, -0.2) is 58.8 Å². The molecule has 0 fully saturated rings. The zero-order chi connectivity index (χ0) is 16.4. The third kappa shape index (κ3) is 7.69. The van der Waals surface area contributed by atoms with Gasteiger partial charge in [0.2, 0.25) is 0 Å². The molecule has 22 heavy (non-hydrogen) atoms. The molecule has 1 aromatic heterocycles. The quantitative estimate of drug-likeness (QED) is 0.594. The summed E-state index contributed by atoms with van der Waals surface area (Å²) in [6.07, 6.45) is 2.10. The summed E-state index contributed by atoms with van der Waals surface area (Å²) in [4.78, 5) is 6.34. The molecule has 0 saturated heterocycles. The van der Waals surface area contributed by atoms with Gasteiger partial charge in [-0.3, -0.25) is 4.98 Å². The first-order valence-electron chi connectivity index (χ1n) is 7.27. The van der Waals surface area contributed by atoms with Gasteiger partial charge in [-0.25, -0.2) is 0 Å². The Morgan fingerprint density at radius 3 is 2.45 bits per heavy atom. The normalized spacial score (nSPS) is 12.6. The minimum absolute atomic E-state index is 0.158. The van der Waals surface area contributed by atoms with E-state index >= 15 is 0 Å². The first kappa shape index (κ1) is 19.6. The Bertz CT molecular complexity index is 413. The standard InChI is InChI=1S/C15H26N2O3S2/c1-12(11-22-21-3)8-17(2)4-5-20-15-6-13(9-18)16-14(7-15)10-19/h6-7,12,18-19H,4-5,8-11H2,1-3H3. The van der Waals surface area contributed by atoms with E-state index in [9.17, 15) is 0 Å². The van der Waals surface area contributed by atoms with Gasteiger partial charge in [0, 0.05) is 31.0 Å². The molecule has 0 amide bonds. The molecule has 7 heteroatoms. The maximum Gasteiger partial charge on any atom is 0.123 e. The van der Waals surface area contributed by atoms with Gasteiger partial charge in [0.25, 0.3) is 0 Å². The number of pyridine rings is 1. The van der Waals surface area contributed by atoms with Crippen molar-refractivity contribution in [1.82, 2.24) is 9.88 Å². The minimum Gasteiger partial charge on any atom is -0.492 e. The molecule has 0 saturated carbocycles. The van der Waals surface area contributed by atoms with Crippen LogP contribution >= 0.6 is 21.6 Å². The lowest BCUT2D eigenvalue weighted by atomic mass is 10.2. The fraction of sp³-hybridized carbons (Fsp3) is 0.667. The van der Waals surface area contributed by atoms with E-state index in [0.29, 0.717) is 29.7 Å². The Labute approximate surface area is 140 Å². The zero-order valence-electron chi connectivity index (χ0n) is 13.5. The van der Waals surface area contributed by atoms with E-state index in [4.69, 9.17) is 14.9 Å². The number of ether oxygens (including phenoxy) is 1. The Morgan fingerprint density at radius 2 is 1.91 bits per heavy atom. The smallest absolute Gasteiger partial charge is 0.123 e. The molecule has 1 unspecified atom stereocenters. The number of aliphatic hydroxyl groups is 2. The number of hydrogen-bond donors (Lipinski definition) is 2. The van der Waals surface area contributed by atoms with E-state index in [-0.39, 0.29) is 13.2 Å². The van der Waals surface area contributed by atoms with Crippen LogP contribution in [0.3, 0.4) is 0 Å². The predicted molar refractivity (Wildman–Crippen MR) is 94.2 cm³/mol. The highest BCUT2D eigenvalue weighted by molar-refractivity contribution is 8.76. The molecule has 0 aliphatic carbocycles. The number of rotatable bonds is 11. The second-order valence-corrected chi connectivity index (χ2v) is 7.88. The minimum atomic E-state index is -0.158. The second-order valence-electron chi connectivity index (χ2n) is 5.27. The SMILES string of the molecule is CSSCC(C)CN(C)CCOc1cc(CO)nc(CO)c1. The molecule has 0 aliphatic heterocycles. The molecule has 2 N–H and O–H groups in total. The van der Waals surface area contributed by atoms with Gasteiger partial charge in [0.15, 0.2) is 0 Å². The zero-order valence-corrected chi connectivity index (χ0v) is 15.1. The molecule has 1 rings (SSSR count). The molecule has 0 aliphatic rings. The molecular weight excluding hydrogens is 320 g/mol. The van der Waals surface area contributed by atoms with Gasteiger partial charge in [-0.15, -0.1) is 0 Å². The average molecular weight is 347 g/mol. The van der Waals surface area contributed by atoms with Crippen molar-refractivity contribution in [3.63, 3.8) is 0 Å². The highest BCUT2D eigenvalue weighted by Gasteiger charge is 2.07. The van der Waals surface area contributed by atoms with Crippen molar-refractivity contribution < 1.29 is 14.9 Å². The summed E-state index contributed by atoms with van der Waals surface area (Å²) in [6, 6.07) is 3.41. The van der Waals surface area contributed by atoms with E-state index in [1.807, 2.05) is 10.8 Å². The molecule has 1 atom stereocenters. The summed E-state index contributed by atoms with van der Waals surface area (Å²) < 4.78 is 5.71. The average Bonchev–Trinajstić information content (AvgIpc) is 2.52. The number of nitrogens with zero attached hydrogens (tertiary/aromatic N) is 2. The van der Waals surface area contributed by atoms with Crippen LogP contribution in [0, 0.1) is 5.92 Å². The number of likely N-dealkylation sites (N-methyl/N-ethyl adjacent to an activating group) is 1. The van der Waals surface area contributed by atoms with Crippen molar-refractivity contribution >= 4 is 21.6 Å². The lowest BCUT2D eigenvalue weighted by Gasteiger charge is -2.21. The lowest BCUT2D eigenvalue weighted by Crippen LogP contribution is -2.29. The fourth-order valence-electron chi connectivity index (χ4n) is 2.04. The molecule has 0 spiro atoms. The number of aliphatic hydroxyl groups excluding tert-OH is 2.